The number of hydrogen-bond donors (Lipinski definition) is 0. The minimum absolute atomic E-state index is 0. The monoisotopic (exact) mass is 1330 g/mol. The van der Waals surface area contributed by atoms with Crippen molar-refractivity contribution in [3.63, 3.8) is 0 Å². The summed E-state index contributed by atoms with van der Waals surface area (Å²) in [4.78, 5) is 4.02. The van der Waals surface area contributed by atoms with Crippen molar-refractivity contribution in [1.29, 1.82) is 0 Å². The summed E-state index contributed by atoms with van der Waals surface area (Å²) in [6.07, 6.45) is 27.1. The number of pyridine rings is 1. The van der Waals surface area contributed by atoms with E-state index in [2.05, 4.69) is 278 Å². The molecule has 4 aliphatic rings. The molecular weight excluding hydrogens is 1280 g/mol. The predicted molar refractivity (Wildman–Crippen MR) is 358 cm³/mol. The van der Waals surface area contributed by atoms with E-state index in [1.165, 1.54) is 153 Å². The second-order valence-electron chi connectivity index (χ2n) is 24.0. The van der Waals surface area contributed by atoms with Gasteiger partial charge in [-0.25, -0.2) is 0 Å². The van der Waals surface area contributed by atoms with Crippen molar-refractivity contribution in [2.24, 2.45) is 0 Å². The Hall–Kier alpha value is -10.5. The van der Waals surface area contributed by atoms with Crippen molar-refractivity contribution in [2.45, 2.75) is 53.4 Å². The zero-order valence-electron chi connectivity index (χ0n) is 49.8. The number of tetrazole rings is 1. The molecule has 0 saturated carbocycles. The summed E-state index contributed by atoms with van der Waals surface area (Å²) in [7, 11) is 0. The van der Waals surface area contributed by atoms with Crippen LogP contribution >= 0.6 is 0 Å². The first-order chi connectivity index (χ1) is 43.8. The van der Waals surface area contributed by atoms with Gasteiger partial charge in [0.15, 0.2) is 0 Å². The van der Waals surface area contributed by atoms with Crippen LogP contribution in [0, 0.1) is 52.5 Å². The molecule has 0 amide bonds. The van der Waals surface area contributed by atoms with Gasteiger partial charge in [0.05, 0.1) is 34.3 Å². The van der Waals surface area contributed by atoms with Crippen molar-refractivity contribution in [3.8, 4) is 34.3 Å². The average Bonchev–Trinajstić information content (AvgIpc) is 1.32. The molecule has 431 valence electrons. The molecule has 9 nitrogen and oxygen atoms in total. The predicted octanol–water partition coefficient (Wildman–Crippen LogP) is 16.6. The Morgan fingerprint density at radius 2 is 0.911 bits per heavy atom. The maximum Gasteiger partial charge on any atom is 0.267 e. The minimum atomic E-state index is 0. The van der Waals surface area contributed by atoms with Gasteiger partial charge in [-0.05, 0) is 174 Å². The maximum atomic E-state index is 4.02. The van der Waals surface area contributed by atoms with Crippen molar-refractivity contribution < 1.29 is 29.2 Å². The maximum absolute atomic E-state index is 4.02. The van der Waals surface area contributed by atoms with Gasteiger partial charge in [0.2, 0.25) is 0 Å². The van der Waals surface area contributed by atoms with Gasteiger partial charge in [-0.3, -0.25) is 24.4 Å². The normalized spacial score (nSPS) is 13.6. The second kappa shape index (κ2) is 20.8. The van der Waals surface area contributed by atoms with E-state index in [1.54, 1.807) is 12.3 Å². The van der Waals surface area contributed by atoms with E-state index in [-0.39, 0.29) is 20.1 Å². The van der Waals surface area contributed by atoms with Crippen LogP contribution in [0.2, 0.25) is 0 Å². The molecular formula is C80H54IrN9-3. The smallest absolute Gasteiger partial charge is 0.267 e. The summed E-state index contributed by atoms with van der Waals surface area (Å²) in [6, 6.07) is 66.5. The van der Waals surface area contributed by atoms with E-state index in [9.17, 15) is 0 Å². The minimum Gasteiger partial charge on any atom is -0.329 e. The van der Waals surface area contributed by atoms with E-state index in [4.69, 9.17) is 0 Å². The van der Waals surface area contributed by atoms with E-state index in [0.29, 0.717) is 11.5 Å². The van der Waals surface area contributed by atoms with Gasteiger partial charge in [0.1, 0.15) is 0 Å². The van der Waals surface area contributed by atoms with Gasteiger partial charge in [0, 0.05) is 37.7 Å². The standard InChI is InChI=1S/2C37H25N2.C6H4N5.Ir/c2*1-22-23(2)39(33-20-16-29-12-10-25-6-4-8-27-14-18-31(33)37(29)35(25)27)21-38(22)32-19-15-28-11-9-24-5-3-7-26-13-17-30(32)36(28)34(24)26;1-2-4-7-5(3-1)6-8-10-11-9-6;/h2*3-5,7-11,13-19H,6,12H2,1-2H3;1-4H;/q3*-1;. The largest absolute Gasteiger partial charge is 0.329 e. The summed E-state index contributed by atoms with van der Waals surface area (Å²) in [5, 5.41) is 34.8. The second-order valence-corrected chi connectivity index (χ2v) is 24.0. The molecule has 0 atom stereocenters. The van der Waals surface area contributed by atoms with Gasteiger partial charge in [-0.15, -0.1) is 44.8 Å². The van der Waals surface area contributed by atoms with Gasteiger partial charge in [-0.2, -0.15) is 29.5 Å². The number of nitrogens with zero attached hydrogens (tertiary/aromatic N) is 9. The Labute approximate surface area is 532 Å². The Morgan fingerprint density at radius 1 is 0.456 bits per heavy atom. The van der Waals surface area contributed by atoms with Crippen LogP contribution in [0.4, 0.5) is 0 Å². The molecule has 0 aliphatic heterocycles. The molecule has 1 radical (unpaired) electrons. The summed E-state index contributed by atoms with van der Waals surface area (Å²) in [5.74, 6) is 0.464. The molecule has 20 rings (SSSR count). The first kappa shape index (κ1) is 53.7. The third kappa shape index (κ3) is 8.11. The third-order valence-corrected chi connectivity index (χ3v) is 19.4. The zero-order chi connectivity index (χ0) is 59.2. The first-order valence-corrected chi connectivity index (χ1v) is 30.5. The number of imidazole rings is 2. The molecule has 0 N–H and O–H groups in total. The number of benzene rings is 12. The van der Waals surface area contributed by atoms with Crippen LogP contribution in [-0.4, -0.2) is 29.6 Å². The van der Waals surface area contributed by atoms with Gasteiger partial charge >= 0.3 is 0 Å². The molecule has 0 spiro atoms. The summed E-state index contributed by atoms with van der Waals surface area (Å²) < 4.78 is 8.92. The van der Waals surface area contributed by atoms with Gasteiger partial charge < -0.3 is 14.2 Å². The molecule has 16 aromatic rings. The van der Waals surface area contributed by atoms with Crippen LogP contribution in [0.3, 0.4) is 0 Å². The van der Waals surface area contributed by atoms with Crippen LogP contribution in [0.25, 0.3) is 144 Å². The van der Waals surface area contributed by atoms with Gasteiger partial charge in [0.25, 0.3) is 12.7 Å². The van der Waals surface area contributed by atoms with E-state index in [0.717, 1.165) is 48.4 Å². The fraction of sp³-hybridized carbons (Fsp3) is 0.100. The number of allylic oxidation sites excluding steroid dienone is 6. The Balaban J connectivity index is 0.000000117. The zero-order valence-corrected chi connectivity index (χ0v) is 52.2. The Morgan fingerprint density at radius 3 is 1.37 bits per heavy atom. The van der Waals surface area contributed by atoms with Gasteiger partial charge in [-0.1, -0.05) is 165 Å². The molecule has 0 saturated heterocycles. The molecule has 0 fully saturated rings. The molecule has 0 bridgehead atoms. The number of hydrogen-bond acceptors (Lipinski definition) is 4. The molecule has 4 aliphatic carbocycles. The molecule has 12 aromatic carbocycles. The fourth-order valence-electron chi connectivity index (χ4n) is 14.9. The number of aromatic nitrogens is 9. The topological polar surface area (TPSA) is 83.3 Å². The Bertz CT molecular complexity index is 5430. The molecule has 10 heteroatoms. The summed E-state index contributed by atoms with van der Waals surface area (Å²) in [5.41, 5.74) is 21.0. The van der Waals surface area contributed by atoms with E-state index >= 15 is 0 Å². The van der Waals surface area contributed by atoms with Crippen molar-refractivity contribution in [2.75, 3.05) is 0 Å². The first-order valence-electron chi connectivity index (χ1n) is 30.5. The Kier molecular flexibility index (Phi) is 12.4. The van der Waals surface area contributed by atoms with Crippen molar-refractivity contribution in [3.05, 3.63) is 275 Å². The summed E-state index contributed by atoms with van der Waals surface area (Å²) >= 11 is 0. The number of rotatable bonds is 5. The average molecular weight is 1330 g/mol. The van der Waals surface area contributed by atoms with E-state index < -0.39 is 0 Å². The van der Waals surface area contributed by atoms with Crippen LogP contribution in [0.15, 0.2) is 194 Å². The van der Waals surface area contributed by atoms with Crippen molar-refractivity contribution in [1.82, 2.24) is 34.7 Å². The van der Waals surface area contributed by atoms with Crippen molar-refractivity contribution >= 4 is 109 Å². The fourth-order valence-corrected chi connectivity index (χ4v) is 14.9. The van der Waals surface area contributed by atoms with Crippen LogP contribution in [0.1, 0.15) is 69.0 Å². The molecule has 4 heterocycles. The van der Waals surface area contributed by atoms with Crippen LogP contribution in [-0.2, 0) is 32.9 Å². The van der Waals surface area contributed by atoms with Crippen LogP contribution < -0.4 is 14.2 Å². The summed E-state index contributed by atoms with van der Waals surface area (Å²) in [6.45, 7) is 8.80. The SMILES string of the molecule is Cc1c(C)[n+](-c2ccc3ccc4cccc5ccc2c3c45)[c-]n1-c1[c-]cc2c3c4c(ccc13)C=CCC4=CC2.Cc1c(C)[n+](-c2ccc3ccc4cccc5ccc2c3c45)[c-]n1-c1[c-]cc2c3c4c(ccc13)C=CCC4=CC2.[Ir].c1ccc(-c2nnn[n-]2)nc1. The third-order valence-electron chi connectivity index (χ3n) is 19.4. The van der Waals surface area contributed by atoms with E-state index in [1.807, 2.05) is 12.1 Å². The molecule has 90 heavy (non-hydrogen) atoms. The molecule has 0 unspecified atom stereocenters. The van der Waals surface area contributed by atoms with Crippen LogP contribution in [0.5, 0.6) is 0 Å². The molecule has 4 aromatic heterocycles. The quantitative estimate of drug-likeness (QED) is 0.0974.